The summed E-state index contributed by atoms with van der Waals surface area (Å²) in [5, 5.41) is 6.57. The van der Waals surface area contributed by atoms with Crippen molar-refractivity contribution in [2.24, 2.45) is 5.92 Å². The van der Waals surface area contributed by atoms with Gasteiger partial charge in [-0.25, -0.2) is 5.43 Å². The highest BCUT2D eigenvalue weighted by Crippen LogP contribution is 2.22. The fourth-order valence-electron chi connectivity index (χ4n) is 3.46. The van der Waals surface area contributed by atoms with Gasteiger partial charge in [-0.2, -0.15) is 0 Å². The van der Waals surface area contributed by atoms with Crippen LogP contribution in [0.3, 0.4) is 0 Å². The molecule has 0 spiro atoms. The summed E-state index contributed by atoms with van der Waals surface area (Å²) in [5.74, 6) is 0.715. The van der Waals surface area contributed by atoms with Crippen LogP contribution in [0.2, 0.25) is 0 Å². The van der Waals surface area contributed by atoms with Gasteiger partial charge in [-0.1, -0.05) is 37.3 Å². The van der Waals surface area contributed by atoms with Gasteiger partial charge in [-0.15, -0.1) is 12.4 Å². The standard InChI is InChI=1S/C17H26N4O.ClH/c1-11(13-6-4-3-5-7-13)12(2)19-17(22)16-14-10-18-9-8-15(14)20-21-16;/h3-7,11-12,14-16,18,20-21H,8-10H2,1-2H3,(H,19,22);1H. The van der Waals surface area contributed by atoms with E-state index in [-0.39, 0.29) is 30.4 Å². The highest BCUT2D eigenvalue weighted by molar-refractivity contribution is 5.85. The number of halogens is 1. The number of nitrogens with one attached hydrogen (secondary N) is 4. The van der Waals surface area contributed by atoms with E-state index in [9.17, 15) is 4.79 Å². The Balaban J connectivity index is 0.00000192. The maximum atomic E-state index is 12.6. The molecule has 5 atom stereocenters. The summed E-state index contributed by atoms with van der Waals surface area (Å²) in [6.07, 6.45) is 1.07. The molecule has 0 radical (unpaired) electrons. The second-order valence-electron chi connectivity index (χ2n) is 6.53. The van der Waals surface area contributed by atoms with Crippen molar-refractivity contribution in [2.45, 2.75) is 44.3 Å². The number of hydrogen-bond acceptors (Lipinski definition) is 4. The topological polar surface area (TPSA) is 65.2 Å². The van der Waals surface area contributed by atoms with E-state index in [1.165, 1.54) is 5.56 Å². The minimum Gasteiger partial charge on any atom is -0.352 e. The van der Waals surface area contributed by atoms with Crippen molar-refractivity contribution in [1.29, 1.82) is 0 Å². The van der Waals surface area contributed by atoms with Crippen molar-refractivity contribution in [3.8, 4) is 0 Å². The zero-order chi connectivity index (χ0) is 15.5. The number of piperidine rings is 1. The molecule has 128 valence electrons. The third-order valence-electron chi connectivity index (χ3n) is 5.11. The number of amides is 1. The molecule has 0 saturated carbocycles. The van der Waals surface area contributed by atoms with E-state index in [1.807, 2.05) is 18.2 Å². The van der Waals surface area contributed by atoms with Crippen molar-refractivity contribution < 1.29 is 4.79 Å². The molecule has 4 N–H and O–H groups in total. The Bertz CT molecular complexity index is 513. The molecule has 5 nitrogen and oxygen atoms in total. The quantitative estimate of drug-likeness (QED) is 0.665. The van der Waals surface area contributed by atoms with Crippen molar-refractivity contribution in [3.05, 3.63) is 35.9 Å². The molecule has 2 heterocycles. The van der Waals surface area contributed by atoms with Crippen molar-refractivity contribution in [3.63, 3.8) is 0 Å². The summed E-state index contributed by atoms with van der Waals surface area (Å²) in [4.78, 5) is 12.6. The normalized spacial score (nSPS) is 29.0. The molecule has 2 aliphatic rings. The predicted molar refractivity (Wildman–Crippen MR) is 94.5 cm³/mol. The first-order chi connectivity index (χ1) is 10.7. The summed E-state index contributed by atoms with van der Waals surface area (Å²) >= 11 is 0. The number of carbonyl (C=O) groups is 1. The van der Waals surface area contributed by atoms with Gasteiger partial charge in [-0.05, 0) is 25.5 Å². The molecule has 1 amide bonds. The second-order valence-corrected chi connectivity index (χ2v) is 6.53. The maximum absolute atomic E-state index is 12.6. The van der Waals surface area contributed by atoms with Crippen LogP contribution in [0, 0.1) is 5.92 Å². The summed E-state index contributed by atoms with van der Waals surface area (Å²) in [5.41, 5.74) is 7.71. The third-order valence-corrected chi connectivity index (χ3v) is 5.11. The molecule has 3 rings (SSSR count). The summed E-state index contributed by atoms with van der Waals surface area (Å²) in [6, 6.07) is 10.7. The van der Waals surface area contributed by atoms with Crippen LogP contribution in [-0.4, -0.2) is 37.1 Å². The number of benzene rings is 1. The number of carbonyl (C=O) groups excluding carboxylic acids is 1. The Morgan fingerprint density at radius 2 is 1.96 bits per heavy atom. The Morgan fingerprint density at radius 1 is 1.22 bits per heavy atom. The minimum atomic E-state index is -0.150. The lowest BCUT2D eigenvalue weighted by molar-refractivity contribution is -0.124. The average molecular weight is 339 g/mol. The van der Waals surface area contributed by atoms with E-state index in [2.05, 4.69) is 47.5 Å². The van der Waals surface area contributed by atoms with Gasteiger partial charge in [0.05, 0.1) is 0 Å². The number of rotatable bonds is 4. The molecule has 0 aromatic heterocycles. The Hall–Kier alpha value is -1.14. The lowest BCUT2D eigenvalue weighted by Crippen LogP contribution is -2.51. The molecule has 1 aromatic carbocycles. The smallest absolute Gasteiger partial charge is 0.239 e. The molecular weight excluding hydrogens is 312 g/mol. The molecule has 2 aliphatic heterocycles. The Morgan fingerprint density at radius 3 is 2.70 bits per heavy atom. The van der Waals surface area contributed by atoms with E-state index in [4.69, 9.17) is 0 Å². The van der Waals surface area contributed by atoms with Gasteiger partial charge in [0.25, 0.3) is 0 Å². The van der Waals surface area contributed by atoms with Crippen LogP contribution in [0.5, 0.6) is 0 Å². The number of hydrogen-bond donors (Lipinski definition) is 4. The molecule has 1 aromatic rings. The van der Waals surface area contributed by atoms with Crippen LogP contribution in [0.1, 0.15) is 31.7 Å². The fraction of sp³-hybridized carbons (Fsp3) is 0.588. The van der Waals surface area contributed by atoms with E-state index < -0.39 is 0 Å². The first kappa shape index (κ1) is 18.2. The van der Waals surface area contributed by atoms with Crippen LogP contribution in [0.4, 0.5) is 0 Å². The van der Waals surface area contributed by atoms with Gasteiger partial charge < -0.3 is 10.6 Å². The summed E-state index contributed by atoms with van der Waals surface area (Å²) < 4.78 is 0. The average Bonchev–Trinajstić information content (AvgIpc) is 2.99. The van der Waals surface area contributed by atoms with Gasteiger partial charge in [0.2, 0.25) is 5.91 Å². The van der Waals surface area contributed by atoms with Crippen molar-refractivity contribution >= 4 is 18.3 Å². The minimum absolute atomic E-state index is 0. The van der Waals surface area contributed by atoms with Gasteiger partial charge >= 0.3 is 0 Å². The molecule has 6 heteroatoms. The lowest BCUT2D eigenvalue weighted by atomic mass is 9.88. The van der Waals surface area contributed by atoms with Crippen LogP contribution in [-0.2, 0) is 4.79 Å². The maximum Gasteiger partial charge on any atom is 0.239 e. The highest BCUT2D eigenvalue weighted by Gasteiger charge is 2.41. The lowest BCUT2D eigenvalue weighted by Gasteiger charge is -2.29. The molecule has 5 unspecified atom stereocenters. The zero-order valence-electron chi connectivity index (χ0n) is 13.7. The fourth-order valence-corrected chi connectivity index (χ4v) is 3.46. The molecule has 0 bridgehead atoms. The Labute approximate surface area is 144 Å². The molecule has 0 aliphatic carbocycles. The van der Waals surface area contributed by atoms with Crippen LogP contribution >= 0.6 is 12.4 Å². The third kappa shape index (κ3) is 4.04. The van der Waals surface area contributed by atoms with Gasteiger partial charge in [-0.3, -0.25) is 10.2 Å². The highest BCUT2D eigenvalue weighted by atomic mass is 35.5. The largest absolute Gasteiger partial charge is 0.352 e. The molecule has 23 heavy (non-hydrogen) atoms. The molecule has 2 fully saturated rings. The first-order valence-corrected chi connectivity index (χ1v) is 8.24. The monoisotopic (exact) mass is 338 g/mol. The van der Waals surface area contributed by atoms with E-state index in [0.29, 0.717) is 17.9 Å². The van der Waals surface area contributed by atoms with Crippen LogP contribution < -0.4 is 21.5 Å². The second kappa shape index (κ2) is 8.11. The van der Waals surface area contributed by atoms with Crippen molar-refractivity contribution in [2.75, 3.05) is 13.1 Å². The zero-order valence-corrected chi connectivity index (χ0v) is 14.5. The van der Waals surface area contributed by atoms with Crippen LogP contribution in [0.15, 0.2) is 30.3 Å². The summed E-state index contributed by atoms with van der Waals surface area (Å²) in [6.45, 7) is 6.15. The summed E-state index contributed by atoms with van der Waals surface area (Å²) in [7, 11) is 0. The van der Waals surface area contributed by atoms with E-state index in [1.54, 1.807) is 0 Å². The number of fused-ring (bicyclic) bond motifs is 1. The van der Waals surface area contributed by atoms with Gasteiger partial charge in [0, 0.05) is 30.5 Å². The predicted octanol–water partition coefficient (Wildman–Crippen LogP) is 1.17. The van der Waals surface area contributed by atoms with Gasteiger partial charge in [0.15, 0.2) is 0 Å². The van der Waals surface area contributed by atoms with E-state index >= 15 is 0 Å². The molecular formula is C17H27ClN4O. The number of hydrazine groups is 1. The van der Waals surface area contributed by atoms with Crippen molar-refractivity contribution in [1.82, 2.24) is 21.5 Å². The SMILES string of the molecule is CC(NC(=O)C1NNC2CCNCC21)C(C)c1ccccc1.Cl. The van der Waals surface area contributed by atoms with E-state index in [0.717, 1.165) is 19.5 Å². The Kier molecular flexibility index (Phi) is 6.41. The van der Waals surface area contributed by atoms with Crippen LogP contribution in [0.25, 0.3) is 0 Å². The first-order valence-electron chi connectivity index (χ1n) is 8.24. The van der Waals surface area contributed by atoms with Gasteiger partial charge in [0.1, 0.15) is 6.04 Å². The molecule has 2 saturated heterocycles.